The molecule has 0 spiro atoms. The molecule has 4 heteroatoms. The number of carbonyl (C=O) groups is 2. The van der Waals surface area contributed by atoms with E-state index in [4.69, 9.17) is 10.2 Å². The van der Waals surface area contributed by atoms with Crippen LogP contribution in [0.4, 0.5) is 0 Å². The third kappa shape index (κ3) is 4.52. The van der Waals surface area contributed by atoms with Crippen molar-refractivity contribution < 1.29 is 19.8 Å². The topological polar surface area (TPSA) is 74.6 Å². The van der Waals surface area contributed by atoms with Crippen molar-refractivity contribution in [3.8, 4) is 22.3 Å². The van der Waals surface area contributed by atoms with E-state index in [-0.39, 0.29) is 0 Å². The normalized spacial score (nSPS) is 11.6. The Morgan fingerprint density at radius 1 is 0.472 bits per heavy atom. The summed E-state index contributed by atoms with van der Waals surface area (Å²) in [4.78, 5) is 21.7. The van der Waals surface area contributed by atoms with E-state index in [9.17, 15) is 9.59 Å². The first kappa shape index (κ1) is 22.8. The highest BCUT2D eigenvalue weighted by Gasteiger charge is 2.16. The van der Waals surface area contributed by atoms with Crippen molar-refractivity contribution in [2.24, 2.45) is 0 Å². The Morgan fingerprint density at radius 3 is 1.06 bits per heavy atom. The average Bonchev–Trinajstić information content (AvgIpc) is 2.90. The molecule has 5 rings (SSSR count). The van der Waals surface area contributed by atoms with Gasteiger partial charge in [0.2, 0.25) is 0 Å². The summed E-state index contributed by atoms with van der Waals surface area (Å²) < 4.78 is 0. The van der Waals surface area contributed by atoms with Gasteiger partial charge in [0.1, 0.15) is 0 Å². The van der Waals surface area contributed by atoms with Crippen molar-refractivity contribution in [2.45, 2.75) is 0 Å². The molecule has 2 N–H and O–H groups in total. The van der Waals surface area contributed by atoms with Gasteiger partial charge in [-0.1, -0.05) is 97.1 Å². The van der Waals surface area contributed by atoms with Gasteiger partial charge in [-0.05, 0) is 67.1 Å². The highest BCUT2D eigenvalue weighted by Crippen LogP contribution is 2.43. The Bertz CT molecular complexity index is 1480. The van der Waals surface area contributed by atoms with Crippen LogP contribution in [0.25, 0.3) is 56.0 Å². The quantitative estimate of drug-likeness (QED) is 0.199. The molecule has 0 unspecified atom stereocenters. The minimum absolute atomic E-state index is 0.823. The van der Waals surface area contributed by atoms with Crippen molar-refractivity contribution in [2.75, 3.05) is 0 Å². The van der Waals surface area contributed by atoms with Crippen LogP contribution in [0.15, 0.2) is 109 Å². The summed E-state index contributed by atoms with van der Waals surface area (Å²) in [6.45, 7) is 0. The highest BCUT2D eigenvalue weighted by atomic mass is 16.4. The maximum atomic E-state index is 10.9. The van der Waals surface area contributed by atoms with E-state index in [2.05, 4.69) is 24.3 Å². The van der Waals surface area contributed by atoms with E-state index in [0.717, 1.165) is 67.1 Å². The maximum absolute atomic E-state index is 10.9. The van der Waals surface area contributed by atoms with E-state index >= 15 is 0 Å². The fourth-order valence-electron chi connectivity index (χ4n) is 4.61. The van der Waals surface area contributed by atoms with Crippen LogP contribution >= 0.6 is 0 Å². The third-order valence-electron chi connectivity index (χ3n) is 6.17. The first-order chi connectivity index (χ1) is 17.5. The SMILES string of the molecule is O=C(O)/C=C/c1ccc(-c2c3ccccc3c(-c3ccc(/C=C/C(=O)O)cc3)c3ccccc23)cc1. The molecule has 5 aromatic rings. The Morgan fingerprint density at radius 2 is 0.778 bits per heavy atom. The molecule has 0 radical (unpaired) electrons. The van der Waals surface area contributed by atoms with Crippen molar-refractivity contribution in [1.82, 2.24) is 0 Å². The lowest BCUT2D eigenvalue weighted by molar-refractivity contribution is -0.132. The molecule has 0 heterocycles. The van der Waals surface area contributed by atoms with Crippen LogP contribution in [-0.2, 0) is 9.59 Å². The molecule has 0 bridgehead atoms. The molecule has 0 aliphatic carbocycles. The van der Waals surface area contributed by atoms with Gasteiger partial charge >= 0.3 is 11.9 Å². The minimum atomic E-state index is -0.974. The molecule has 36 heavy (non-hydrogen) atoms. The van der Waals surface area contributed by atoms with Crippen LogP contribution in [0.1, 0.15) is 11.1 Å². The largest absolute Gasteiger partial charge is 0.478 e. The molecule has 0 saturated heterocycles. The average molecular weight is 471 g/mol. The van der Waals surface area contributed by atoms with Gasteiger partial charge in [0.25, 0.3) is 0 Å². The van der Waals surface area contributed by atoms with Gasteiger partial charge in [-0.3, -0.25) is 0 Å². The summed E-state index contributed by atoms with van der Waals surface area (Å²) in [7, 11) is 0. The summed E-state index contributed by atoms with van der Waals surface area (Å²) in [5, 5.41) is 22.3. The fourth-order valence-corrected chi connectivity index (χ4v) is 4.61. The zero-order valence-electron chi connectivity index (χ0n) is 19.3. The molecule has 4 nitrogen and oxygen atoms in total. The Balaban J connectivity index is 1.72. The van der Waals surface area contributed by atoms with Gasteiger partial charge in [0.15, 0.2) is 0 Å². The zero-order chi connectivity index (χ0) is 25.1. The predicted molar refractivity (Wildman–Crippen MR) is 146 cm³/mol. The first-order valence-corrected chi connectivity index (χ1v) is 11.5. The second kappa shape index (κ2) is 9.72. The molecule has 0 atom stereocenters. The zero-order valence-corrected chi connectivity index (χ0v) is 19.3. The molecule has 0 fully saturated rings. The number of benzene rings is 5. The molecule has 0 aromatic heterocycles. The number of hydrogen-bond acceptors (Lipinski definition) is 2. The summed E-state index contributed by atoms with van der Waals surface area (Å²) in [5.74, 6) is -1.95. The van der Waals surface area contributed by atoms with Gasteiger partial charge in [-0.25, -0.2) is 9.59 Å². The van der Waals surface area contributed by atoms with E-state index in [1.165, 1.54) is 0 Å². The smallest absolute Gasteiger partial charge is 0.328 e. The van der Waals surface area contributed by atoms with Gasteiger partial charge < -0.3 is 10.2 Å². The van der Waals surface area contributed by atoms with Crippen molar-refractivity contribution in [1.29, 1.82) is 0 Å². The monoisotopic (exact) mass is 470 g/mol. The number of aliphatic carboxylic acids is 2. The van der Waals surface area contributed by atoms with Gasteiger partial charge in [0.05, 0.1) is 0 Å². The van der Waals surface area contributed by atoms with Crippen LogP contribution in [0.2, 0.25) is 0 Å². The van der Waals surface area contributed by atoms with Gasteiger partial charge in [-0.15, -0.1) is 0 Å². The lowest BCUT2D eigenvalue weighted by Gasteiger charge is -2.18. The second-order valence-corrected chi connectivity index (χ2v) is 8.43. The van der Waals surface area contributed by atoms with Gasteiger partial charge in [-0.2, -0.15) is 0 Å². The summed E-state index contributed by atoms with van der Waals surface area (Å²) >= 11 is 0. The van der Waals surface area contributed by atoms with Gasteiger partial charge in [0, 0.05) is 12.2 Å². The highest BCUT2D eigenvalue weighted by molar-refractivity contribution is 6.21. The Labute approximate surface area is 208 Å². The van der Waals surface area contributed by atoms with Crippen molar-refractivity contribution in [3.63, 3.8) is 0 Å². The predicted octanol–water partition coefficient (Wildman–Crippen LogP) is 7.52. The van der Waals surface area contributed by atoms with Crippen LogP contribution < -0.4 is 0 Å². The molecular formula is C32H22O4. The molecule has 0 saturated carbocycles. The fraction of sp³-hybridized carbons (Fsp3) is 0. The molecule has 0 aliphatic heterocycles. The van der Waals surface area contributed by atoms with Crippen LogP contribution in [0, 0.1) is 0 Å². The summed E-state index contributed by atoms with van der Waals surface area (Å²) in [6, 6.07) is 32.5. The van der Waals surface area contributed by atoms with Crippen LogP contribution in [0.5, 0.6) is 0 Å². The standard InChI is InChI=1S/C32H22O4/c33-29(34)19-13-21-9-15-23(16-10-21)31-25-5-1-2-6-26(25)32(28-8-4-3-7-27(28)31)24-17-11-22(12-18-24)14-20-30(35)36/h1-20H,(H,33,34)(H,35,36)/b19-13+,20-14+. The summed E-state index contributed by atoms with van der Waals surface area (Å²) in [6.07, 6.45) is 5.44. The molecule has 5 aromatic carbocycles. The first-order valence-electron chi connectivity index (χ1n) is 11.5. The second-order valence-electron chi connectivity index (χ2n) is 8.43. The molecular weight excluding hydrogens is 448 g/mol. The van der Waals surface area contributed by atoms with E-state index in [1.807, 2.05) is 72.8 Å². The Kier molecular flexibility index (Phi) is 6.16. The maximum Gasteiger partial charge on any atom is 0.328 e. The number of fused-ring (bicyclic) bond motifs is 2. The van der Waals surface area contributed by atoms with Crippen molar-refractivity contribution in [3.05, 3.63) is 120 Å². The van der Waals surface area contributed by atoms with E-state index in [1.54, 1.807) is 12.2 Å². The minimum Gasteiger partial charge on any atom is -0.478 e. The number of hydrogen-bond donors (Lipinski definition) is 2. The summed E-state index contributed by atoms with van der Waals surface area (Å²) in [5.41, 5.74) is 6.00. The van der Waals surface area contributed by atoms with E-state index in [0.29, 0.717) is 0 Å². The molecule has 0 amide bonds. The van der Waals surface area contributed by atoms with Crippen LogP contribution in [0.3, 0.4) is 0 Å². The Hall–Kier alpha value is -4.96. The number of rotatable bonds is 6. The lowest BCUT2D eigenvalue weighted by atomic mass is 9.85. The molecule has 174 valence electrons. The number of carboxylic acid groups (broad SMARTS) is 2. The number of carboxylic acids is 2. The lowest BCUT2D eigenvalue weighted by Crippen LogP contribution is -1.91. The van der Waals surface area contributed by atoms with E-state index < -0.39 is 11.9 Å². The molecule has 0 aliphatic rings. The van der Waals surface area contributed by atoms with Crippen molar-refractivity contribution >= 4 is 45.6 Å². The third-order valence-corrected chi connectivity index (χ3v) is 6.17. The van der Waals surface area contributed by atoms with Crippen LogP contribution in [-0.4, -0.2) is 22.2 Å².